The van der Waals surface area contributed by atoms with Crippen LogP contribution < -0.4 is 11.1 Å². The molecule has 5 heteroatoms. The number of hydrogen-bond acceptors (Lipinski definition) is 5. The molecular weight excluding hydrogens is 222 g/mol. The highest BCUT2D eigenvalue weighted by Gasteiger charge is 2.08. The van der Waals surface area contributed by atoms with E-state index in [9.17, 15) is 0 Å². The van der Waals surface area contributed by atoms with Crippen LogP contribution in [0.4, 0.5) is 0 Å². The summed E-state index contributed by atoms with van der Waals surface area (Å²) in [4.78, 5) is 4.30. The van der Waals surface area contributed by atoms with Crippen LogP contribution in [0.15, 0.2) is 11.6 Å². The molecule has 1 rings (SSSR count). The van der Waals surface area contributed by atoms with Gasteiger partial charge in [-0.1, -0.05) is 6.92 Å². The molecule has 2 atom stereocenters. The molecule has 0 radical (unpaired) electrons. The van der Waals surface area contributed by atoms with Crippen molar-refractivity contribution in [2.24, 2.45) is 5.73 Å². The molecule has 92 valence electrons. The first kappa shape index (κ1) is 13.6. The third-order valence-electron chi connectivity index (χ3n) is 2.56. The minimum absolute atomic E-state index is 0.169. The van der Waals surface area contributed by atoms with Gasteiger partial charge in [0.2, 0.25) is 0 Å². The number of nitrogens with one attached hydrogen (secondary N) is 1. The van der Waals surface area contributed by atoms with Crippen LogP contribution in [0.25, 0.3) is 0 Å². The van der Waals surface area contributed by atoms with Gasteiger partial charge < -0.3 is 15.8 Å². The predicted molar refractivity (Wildman–Crippen MR) is 67.9 cm³/mol. The molecular formula is C11H21N3OS. The van der Waals surface area contributed by atoms with E-state index in [4.69, 9.17) is 10.5 Å². The summed E-state index contributed by atoms with van der Waals surface area (Å²) >= 11 is 1.71. The number of rotatable bonds is 8. The fraction of sp³-hybridized carbons (Fsp3) is 0.727. The monoisotopic (exact) mass is 243 g/mol. The van der Waals surface area contributed by atoms with Gasteiger partial charge in [0.25, 0.3) is 0 Å². The molecule has 1 aromatic heterocycles. The van der Waals surface area contributed by atoms with E-state index in [0.717, 1.165) is 19.5 Å². The Bertz CT molecular complexity index is 262. The number of thiazole rings is 1. The summed E-state index contributed by atoms with van der Waals surface area (Å²) in [6, 6.07) is 0. The molecule has 0 fully saturated rings. The average molecular weight is 243 g/mol. The fourth-order valence-corrected chi connectivity index (χ4v) is 2.18. The van der Waals surface area contributed by atoms with Crippen molar-refractivity contribution >= 4 is 11.3 Å². The topological polar surface area (TPSA) is 60.2 Å². The normalized spacial score (nSPS) is 14.9. The minimum Gasteiger partial charge on any atom is -0.380 e. The largest absolute Gasteiger partial charge is 0.380 e. The van der Waals surface area contributed by atoms with Gasteiger partial charge in [-0.3, -0.25) is 0 Å². The Morgan fingerprint density at radius 2 is 2.44 bits per heavy atom. The van der Waals surface area contributed by atoms with E-state index < -0.39 is 0 Å². The highest BCUT2D eigenvalue weighted by molar-refractivity contribution is 7.09. The van der Waals surface area contributed by atoms with Crippen molar-refractivity contribution in [1.82, 2.24) is 10.3 Å². The lowest BCUT2D eigenvalue weighted by Gasteiger charge is -2.14. The molecule has 0 saturated heterocycles. The lowest BCUT2D eigenvalue weighted by molar-refractivity contribution is 0.102. The first-order chi connectivity index (χ1) is 7.77. The van der Waals surface area contributed by atoms with Crippen LogP contribution in [-0.2, 0) is 4.74 Å². The van der Waals surface area contributed by atoms with Crippen molar-refractivity contribution in [2.45, 2.75) is 25.4 Å². The molecule has 2 unspecified atom stereocenters. The van der Waals surface area contributed by atoms with E-state index in [1.807, 2.05) is 11.6 Å². The molecule has 3 N–H and O–H groups in total. The molecule has 4 nitrogen and oxygen atoms in total. The fourth-order valence-electron chi connectivity index (χ4n) is 1.48. The standard InChI is InChI=1S/C11H21N3OS/c1-9(11-14-5-6-16-11)8-13-4-3-10(7-12)15-2/h5-6,9-10,13H,3-4,7-8,12H2,1-2H3. The Balaban J connectivity index is 2.11. The zero-order valence-electron chi connectivity index (χ0n) is 9.98. The van der Waals surface area contributed by atoms with E-state index in [1.54, 1.807) is 18.4 Å². The van der Waals surface area contributed by atoms with Gasteiger partial charge in [0.05, 0.1) is 11.1 Å². The summed E-state index contributed by atoms with van der Waals surface area (Å²) in [7, 11) is 1.70. The van der Waals surface area contributed by atoms with Crippen molar-refractivity contribution in [2.75, 3.05) is 26.7 Å². The molecule has 0 aliphatic carbocycles. The summed E-state index contributed by atoms with van der Waals surface area (Å²) in [6.07, 6.45) is 2.98. The number of nitrogens with zero attached hydrogens (tertiary/aromatic N) is 1. The molecule has 1 aromatic rings. The Kier molecular flexibility index (Phi) is 6.56. The van der Waals surface area contributed by atoms with Crippen LogP contribution in [0, 0.1) is 0 Å². The van der Waals surface area contributed by atoms with Gasteiger partial charge in [-0.2, -0.15) is 0 Å². The Hall–Kier alpha value is -0.490. The van der Waals surface area contributed by atoms with Crippen LogP contribution in [-0.4, -0.2) is 37.8 Å². The second-order valence-electron chi connectivity index (χ2n) is 3.86. The SMILES string of the molecule is COC(CN)CCNCC(C)c1nccs1. The number of nitrogens with two attached hydrogens (primary N) is 1. The lowest BCUT2D eigenvalue weighted by Crippen LogP contribution is -2.29. The lowest BCUT2D eigenvalue weighted by atomic mass is 10.2. The van der Waals surface area contributed by atoms with E-state index in [1.165, 1.54) is 5.01 Å². The molecule has 0 aliphatic heterocycles. The third-order valence-corrected chi connectivity index (χ3v) is 3.57. The van der Waals surface area contributed by atoms with Crippen molar-refractivity contribution in [3.8, 4) is 0 Å². The Morgan fingerprint density at radius 3 is 3.00 bits per heavy atom. The van der Waals surface area contributed by atoms with Gasteiger partial charge in [0.1, 0.15) is 0 Å². The predicted octanol–water partition coefficient (Wildman–Crippen LogP) is 1.20. The molecule has 16 heavy (non-hydrogen) atoms. The highest BCUT2D eigenvalue weighted by Crippen LogP contribution is 2.16. The van der Waals surface area contributed by atoms with Crippen LogP contribution in [0.2, 0.25) is 0 Å². The van der Waals surface area contributed by atoms with Crippen LogP contribution in [0.5, 0.6) is 0 Å². The first-order valence-corrected chi connectivity index (χ1v) is 6.48. The maximum Gasteiger partial charge on any atom is 0.0965 e. The van der Waals surface area contributed by atoms with E-state index in [-0.39, 0.29) is 6.10 Å². The molecule has 0 bridgehead atoms. The van der Waals surface area contributed by atoms with Gasteiger partial charge in [-0.05, 0) is 13.0 Å². The highest BCUT2D eigenvalue weighted by atomic mass is 32.1. The van der Waals surface area contributed by atoms with Crippen LogP contribution in [0.3, 0.4) is 0 Å². The van der Waals surface area contributed by atoms with Crippen molar-refractivity contribution in [3.63, 3.8) is 0 Å². The van der Waals surface area contributed by atoms with Crippen molar-refractivity contribution in [1.29, 1.82) is 0 Å². The molecule has 0 saturated carbocycles. The summed E-state index contributed by atoms with van der Waals surface area (Å²) in [5.74, 6) is 0.471. The second kappa shape index (κ2) is 7.73. The van der Waals surface area contributed by atoms with Gasteiger partial charge >= 0.3 is 0 Å². The van der Waals surface area contributed by atoms with Crippen LogP contribution in [0.1, 0.15) is 24.3 Å². The first-order valence-electron chi connectivity index (χ1n) is 5.61. The maximum absolute atomic E-state index is 5.54. The Labute approximate surface area is 101 Å². The molecule has 1 heterocycles. The quantitative estimate of drug-likeness (QED) is 0.674. The van der Waals surface area contributed by atoms with E-state index in [2.05, 4.69) is 17.2 Å². The summed E-state index contributed by atoms with van der Waals surface area (Å²) in [5.41, 5.74) is 5.54. The number of hydrogen-bond donors (Lipinski definition) is 2. The van der Waals surface area contributed by atoms with Gasteiger partial charge in [0.15, 0.2) is 0 Å². The summed E-state index contributed by atoms with van der Waals surface area (Å²) in [5, 5.41) is 6.61. The number of methoxy groups -OCH3 is 1. The summed E-state index contributed by atoms with van der Waals surface area (Å²) in [6.45, 7) is 4.66. The van der Waals surface area contributed by atoms with Crippen molar-refractivity contribution in [3.05, 3.63) is 16.6 Å². The molecule has 0 spiro atoms. The second-order valence-corrected chi connectivity index (χ2v) is 4.78. The van der Waals surface area contributed by atoms with Gasteiger partial charge in [-0.25, -0.2) is 4.98 Å². The van der Waals surface area contributed by atoms with Gasteiger partial charge in [0, 0.05) is 37.7 Å². The van der Waals surface area contributed by atoms with E-state index >= 15 is 0 Å². The smallest absolute Gasteiger partial charge is 0.0965 e. The van der Waals surface area contributed by atoms with Crippen molar-refractivity contribution < 1.29 is 4.74 Å². The molecule has 0 aliphatic rings. The average Bonchev–Trinajstić information content (AvgIpc) is 2.82. The Morgan fingerprint density at radius 1 is 1.62 bits per heavy atom. The zero-order chi connectivity index (χ0) is 11.8. The maximum atomic E-state index is 5.54. The summed E-state index contributed by atoms with van der Waals surface area (Å²) < 4.78 is 5.20. The number of ether oxygens (including phenoxy) is 1. The zero-order valence-corrected chi connectivity index (χ0v) is 10.8. The number of aromatic nitrogens is 1. The third kappa shape index (κ3) is 4.57. The molecule has 0 amide bonds. The minimum atomic E-state index is 0.169. The van der Waals surface area contributed by atoms with Crippen LogP contribution >= 0.6 is 11.3 Å². The van der Waals surface area contributed by atoms with Gasteiger partial charge in [-0.15, -0.1) is 11.3 Å². The van der Waals surface area contributed by atoms with E-state index in [0.29, 0.717) is 12.5 Å². The molecule has 0 aromatic carbocycles.